The van der Waals surface area contributed by atoms with Gasteiger partial charge in [-0.1, -0.05) is 23.7 Å². The molecule has 0 N–H and O–H groups in total. The van der Waals surface area contributed by atoms with E-state index in [1.165, 1.54) is 14.2 Å². The van der Waals surface area contributed by atoms with Crippen LogP contribution in [0.1, 0.15) is 32.6 Å². The Balaban J connectivity index is 1.73. The van der Waals surface area contributed by atoms with Crippen LogP contribution in [0.4, 0.5) is 0 Å². The molecule has 0 aliphatic carbocycles. The predicted molar refractivity (Wildman–Crippen MR) is 116 cm³/mol. The summed E-state index contributed by atoms with van der Waals surface area (Å²) in [5.74, 6) is 13.2. The number of hydrogen-bond donors (Lipinski definition) is 0. The maximum Gasteiger partial charge on any atom is 0.341 e. The summed E-state index contributed by atoms with van der Waals surface area (Å²) in [7, 11) is 4.48. The van der Waals surface area contributed by atoms with Gasteiger partial charge < -0.3 is 14.2 Å². The smallest absolute Gasteiger partial charge is 0.341 e. The van der Waals surface area contributed by atoms with Crippen molar-refractivity contribution in [2.24, 2.45) is 0 Å². The van der Waals surface area contributed by atoms with Gasteiger partial charge in [-0.15, -0.1) is 0 Å². The first-order chi connectivity index (χ1) is 14.6. The zero-order chi connectivity index (χ0) is 21.3. The van der Waals surface area contributed by atoms with Crippen LogP contribution in [0, 0.1) is 23.7 Å². The quantitative estimate of drug-likeness (QED) is 0.489. The summed E-state index contributed by atoms with van der Waals surface area (Å²) in [6.45, 7) is 0. The molecule has 148 valence electrons. The van der Waals surface area contributed by atoms with Crippen molar-refractivity contribution in [1.82, 2.24) is 0 Å². The SMILES string of the molecule is COC(=O)c1ccc(C#Cc2ccc(C#Cc3ccc(OC)cc3)cc2)cc1OC. The molecule has 0 aliphatic heterocycles. The van der Waals surface area contributed by atoms with Gasteiger partial charge in [-0.25, -0.2) is 4.79 Å². The molecular formula is C26H20O4. The van der Waals surface area contributed by atoms with Gasteiger partial charge in [-0.05, 0) is 66.7 Å². The molecule has 30 heavy (non-hydrogen) atoms. The first-order valence-corrected chi connectivity index (χ1v) is 9.17. The second kappa shape index (κ2) is 9.87. The molecule has 4 nitrogen and oxygen atoms in total. The number of carbonyl (C=O) groups excluding carboxylic acids is 1. The van der Waals surface area contributed by atoms with Gasteiger partial charge in [0, 0.05) is 22.3 Å². The Morgan fingerprint density at radius 3 is 1.57 bits per heavy atom. The Morgan fingerprint density at radius 1 is 0.633 bits per heavy atom. The lowest BCUT2D eigenvalue weighted by Crippen LogP contribution is -2.04. The van der Waals surface area contributed by atoms with Gasteiger partial charge in [0.05, 0.1) is 21.3 Å². The molecular weight excluding hydrogens is 376 g/mol. The van der Waals surface area contributed by atoms with E-state index in [4.69, 9.17) is 14.2 Å². The van der Waals surface area contributed by atoms with E-state index in [0.717, 1.165) is 28.0 Å². The number of carbonyl (C=O) groups is 1. The van der Waals surface area contributed by atoms with E-state index in [1.807, 2.05) is 48.5 Å². The normalized spacial score (nSPS) is 9.43. The van der Waals surface area contributed by atoms with E-state index >= 15 is 0 Å². The summed E-state index contributed by atoms with van der Waals surface area (Å²) >= 11 is 0. The molecule has 0 aromatic heterocycles. The summed E-state index contributed by atoms with van der Waals surface area (Å²) in [4.78, 5) is 11.7. The van der Waals surface area contributed by atoms with Crippen LogP contribution in [-0.2, 0) is 4.74 Å². The highest BCUT2D eigenvalue weighted by molar-refractivity contribution is 5.92. The van der Waals surface area contributed by atoms with Crippen molar-refractivity contribution in [1.29, 1.82) is 0 Å². The molecule has 0 amide bonds. The molecule has 0 fully saturated rings. The third-order valence-corrected chi connectivity index (χ3v) is 4.28. The molecule has 0 saturated heterocycles. The Kier molecular flexibility index (Phi) is 6.77. The van der Waals surface area contributed by atoms with E-state index in [-0.39, 0.29) is 0 Å². The lowest BCUT2D eigenvalue weighted by molar-refractivity contribution is 0.0597. The van der Waals surface area contributed by atoms with Crippen LogP contribution in [0.2, 0.25) is 0 Å². The first kappa shape index (κ1) is 20.6. The number of rotatable bonds is 3. The number of ether oxygens (including phenoxy) is 3. The van der Waals surface area contributed by atoms with Crippen molar-refractivity contribution in [3.05, 3.63) is 94.5 Å². The molecule has 0 spiro atoms. The summed E-state index contributed by atoms with van der Waals surface area (Å²) in [5, 5.41) is 0. The van der Waals surface area contributed by atoms with Gasteiger partial charge in [-0.3, -0.25) is 0 Å². The molecule has 3 aromatic carbocycles. The average molecular weight is 396 g/mol. The standard InChI is InChI=1S/C26H20O4/c1-28-23-15-12-21(13-16-23)9-8-19-4-6-20(7-5-19)10-11-22-14-17-24(26(27)30-3)25(18-22)29-2/h4-7,12-18H,1-3H3. The summed E-state index contributed by atoms with van der Waals surface area (Å²) in [5.41, 5.74) is 3.79. The summed E-state index contributed by atoms with van der Waals surface area (Å²) < 4.78 is 15.2. The molecule has 0 unspecified atom stereocenters. The van der Waals surface area contributed by atoms with Crippen molar-refractivity contribution >= 4 is 5.97 Å². The Labute approximate surface area is 176 Å². The zero-order valence-corrected chi connectivity index (χ0v) is 17.0. The van der Waals surface area contributed by atoms with Gasteiger partial charge in [0.15, 0.2) is 0 Å². The second-order valence-corrected chi connectivity index (χ2v) is 6.21. The van der Waals surface area contributed by atoms with Crippen LogP contribution in [0.3, 0.4) is 0 Å². The fourth-order valence-electron chi connectivity index (χ4n) is 2.65. The molecule has 0 atom stereocenters. The maximum absolute atomic E-state index is 11.7. The minimum absolute atomic E-state index is 0.366. The topological polar surface area (TPSA) is 44.8 Å². The van der Waals surface area contributed by atoms with E-state index in [2.05, 4.69) is 23.7 Å². The van der Waals surface area contributed by atoms with Crippen molar-refractivity contribution in [2.75, 3.05) is 21.3 Å². The van der Waals surface area contributed by atoms with E-state index in [1.54, 1.807) is 25.3 Å². The lowest BCUT2D eigenvalue weighted by atomic mass is 10.1. The van der Waals surface area contributed by atoms with Crippen molar-refractivity contribution in [2.45, 2.75) is 0 Å². The molecule has 4 heteroatoms. The Bertz CT molecular complexity index is 1150. The van der Waals surface area contributed by atoms with E-state index in [9.17, 15) is 4.79 Å². The largest absolute Gasteiger partial charge is 0.497 e. The van der Waals surface area contributed by atoms with Crippen LogP contribution in [-0.4, -0.2) is 27.3 Å². The summed E-state index contributed by atoms with van der Waals surface area (Å²) in [6.07, 6.45) is 0. The van der Waals surface area contributed by atoms with Crippen LogP contribution >= 0.6 is 0 Å². The second-order valence-electron chi connectivity index (χ2n) is 6.21. The molecule has 3 rings (SSSR count). The van der Waals surface area contributed by atoms with Gasteiger partial charge in [-0.2, -0.15) is 0 Å². The van der Waals surface area contributed by atoms with Crippen molar-refractivity contribution < 1.29 is 19.0 Å². The molecule has 0 saturated carbocycles. The van der Waals surface area contributed by atoms with Gasteiger partial charge >= 0.3 is 5.97 Å². The minimum Gasteiger partial charge on any atom is -0.497 e. The van der Waals surface area contributed by atoms with Crippen LogP contribution < -0.4 is 9.47 Å². The molecule has 0 radical (unpaired) electrons. The number of methoxy groups -OCH3 is 3. The van der Waals surface area contributed by atoms with Gasteiger partial charge in [0.25, 0.3) is 0 Å². The highest BCUT2D eigenvalue weighted by Crippen LogP contribution is 2.20. The number of esters is 1. The van der Waals surface area contributed by atoms with Crippen LogP contribution in [0.25, 0.3) is 0 Å². The fraction of sp³-hybridized carbons (Fsp3) is 0.115. The third kappa shape index (κ3) is 5.22. The van der Waals surface area contributed by atoms with E-state index in [0.29, 0.717) is 11.3 Å². The molecule has 0 aliphatic rings. The molecule has 0 bridgehead atoms. The monoisotopic (exact) mass is 396 g/mol. The Morgan fingerprint density at radius 2 is 1.10 bits per heavy atom. The maximum atomic E-state index is 11.7. The zero-order valence-electron chi connectivity index (χ0n) is 17.0. The van der Waals surface area contributed by atoms with Crippen molar-refractivity contribution in [3.8, 4) is 35.2 Å². The van der Waals surface area contributed by atoms with Crippen molar-refractivity contribution in [3.63, 3.8) is 0 Å². The number of hydrogen-bond acceptors (Lipinski definition) is 4. The minimum atomic E-state index is -0.447. The van der Waals surface area contributed by atoms with Gasteiger partial charge in [0.2, 0.25) is 0 Å². The van der Waals surface area contributed by atoms with Crippen LogP contribution in [0.5, 0.6) is 11.5 Å². The Hall–Kier alpha value is -4.15. The van der Waals surface area contributed by atoms with Crippen LogP contribution in [0.15, 0.2) is 66.7 Å². The van der Waals surface area contributed by atoms with Gasteiger partial charge in [0.1, 0.15) is 17.1 Å². The fourth-order valence-corrected chi connectivity index (χ4v) is 2.65. The van der Waals surface area contributed by atoms with E-state index < -0.39 is 5.97 Å². The molecule has 3 aromatic rings. The molecule has 0 heterocycles. The first-order valence-electron chi connectivity index (χ1n) is 9.17. The highest BCUT2D eigenvalue weighted by Gasteiger charge is 2.12. The highest BCUT2D eigenvalue weighted by atomic mass is 16.5. The summed E-state index contributed by atoms with van der Waals surface area (Å²) in [6, 6.07) is 20.4. The predicted octanol–water partition coefficient (Wildman–Crippen LogP) is 4.29. The third-order valence-electron chi connectivity index (χ3n) is 4.28. The average Bonchev–Trinajstić information content (AvgIpc) is 2.81. The number of benzene rings is 3. The lowest BCUT2D eigenvalue weighted by Gasteiger charge is -2.06.